The lowest BCUT2D eigenvalue weighted by atomic mass is 10.1. The van der Waals surface area contributed by atoms with E-state index in [0.29, 0.717) is 23.6 Å². The first-order valence-corrected chi connectivity index (χ1v) is 11.0. The van der Waals surface area contributed by atoms with E-state index in [1.165, 1.54) is 12.4 Å². The summed E-state index contributed by atoms with van der Waals surface area (Å²) in [5.74, 6) is 0.352. The molecule has 4 aromatic rings. The molecule has 2 aromatic heterocycles. The lowest BCUT2D eigenvalue weighted by Gasteiger charge is -2.17. The van der Waals surface area contributed by atoms with Gasteiger partial charge in [-0.25, -0.2) is 14.4 Å². The second-order valence-corrected chi connectivity index (χ2v) is 8.24. The minimum absolute atomic E-state index is 0.0813. The maximum atomic E-state index is 14.7. The summed E-state index contributed by atoms with van der Waals surface area (Å²) in [6.07, 6.45) is 1.47. The van der Waals surface area contributed by atoms with Crippen molar-refractivity contribution >= 4 is 16.9 Å². The smallest absolute Gasteiger partial charge is 0.143 e. The van der Waals surface area contributed by atoms with Crippen molar-refractivity contribution in [1.82, 2.24) is 25.2 Å². The maximum absolute atomic E-state index is 14.7. The molecule has 0 spiro atoms. The van der Waals surface area contributed by atoms with Gasteiger partial charge in [-0.2, -0.15) is 0 Å². The number of hydrogen-bond acceptors (Lipinski definition) is 6. The Labute approximate surface area is 192 Å². The number of rotatable bonds is 10. The van der Waals surface area contributed by atoms with Gasteiger partial charge in [0.1, 0.15) is 23.6 Å². The number of aromatic amines is 1. The Morgan fingerprint density at radius 3 is 2.64 bits per heavy atom. The molecule has 0 aliphatic rings. The number of aromatic nitrogens is 3. The molecule has 33 heavy (non-hydrogen) atoms. The van der Waals surface area contributed by atoms with Crippen LogP contribution in [0.5, 0.6) is 0 Å². The van der Waals surface area contributed by atoms with Crippen molar-refractivity contribution in [2.75, 3.05) is 39.1 Å². The van der Waals surface area contributed by atoms with Gasteiger partial charge in [0.25, 0.3) is 0 Å². The second kappa shape index (κ2) is 10.5. The zero-order valence-electron chi connectivity index (χ0n) is 18.8. The number of nitrogens with zero attached hydrogens (tertiary/aromatic N) is 3. The molecular formula is C25H29FN6O. The van der Waals surface area contributed by atoms with Crippen molar-refractivity contribution in [1.29, 1.82) is 0 Å². The lowest BCUT2D eigenvalue weighted by Crippen LogP contribution is -2.26. The largest absolute Gasteiger partial charge is 0.394 e. The van der Waals surface area contributed by atoms with Crippen LogP contribution in [0.15, 0.2) is 60.9 Å². The van der Waals surface area contributed by atoms with E-state index in [0.717, 1.165) is 35.3 Å². The Balaban J connectivity index is 1.54. The number of nitrogens with one attached hydrogen (secondary N) is 3. The normalized spacial score (nSPS) is 12.4. The molecule has 0 amide bonds. The van der Waals surface area contributed by atoms with E-state index in [1.807, 2.05) is 56.6 Å². The molecule has 0 bridgehead atoms. The third-order valence-corrected chi connectivity index (χ3v) is 5.54. The van der Waals surface area contributed by atoms with Gasteiger partial charge in [-0.1, -0.05) is 42.5 Å². The number of benzene rings is 2. The van der Waals surface area contributed by atoms with Crippen molar-refractivity contribution < 1.29 is 9.50 Å². The predicted octanol–water partition coefficient (Wildman–Crippen LogP) is 3.56. The van der Waals surface area contributed by atoms with Gasteiger partial charge in [-0.15, -0.1) is 0 Å². The third kappa shape index (κ3) is 5.54. The van der Waals surface area contributed by atoms with Crippen LogP contribution in [0, 0.1) is 5.82 Å². The molecule has 8 heteroatoms. The van der Waals surface area contributed by atoms with Crippen LogP contribution in [0.1, 0.15) is 17.2 Å². The summed E-state index contributed by atoms with van der Waals surface area (Å²) in [5, 5.41) is 17.2. The number of likely N-dealkylation sites (N-methyl/N-ethyl adjacent to an activating group) is 1. The molecular weight excluding hydrogens is 419 g/mol. The molecule has 0 radical (unpaired) electrons. The zero-order chi connectivity index (χ0) is 23.2. The summed E-state index contributed by atoms with van der Waals surface area (Å²) in [6, 6.07) is 16.5. The van der Waals surface area contributed by atoms with Crippen molar-refractivity contribution in [3.05, 3.63) is 77.9 Å². The number of hydrogen-bond donors (Lipinski definition) is 4. The molecule has 172 valence electrons. The minimum Gasteiger partial charge on any atom is -0.394 e. The van der Waals surface area contributed by atoms with Gasteiger partial charge in [0.15, 0.2) is 0 Å². The molecule has 1 atom stereocenters. The predicted molar refractivity (Wildman–Crippen MR) is 129 cm³/mol. The van der Waals surface area contributed by atoms with Gasteiger partial charge in [-0.3, -0.25) is 0 Å². The van der Waals surface area contributed by atoms with Gasteiger partial charge in [0.2, 0.25) is 0 Å². The fourth-order valence-electron chi connectivity index (χ4n) is 3.68. The molecule has 4 rings (SSSR count). The quantitative estimate of drug-likeness (QED) is 0.278. The highest BCUT2D eigenvalue weighted by molar-refractivity contribution is 5.91. The minimum atomic E-state index is -0.306. The number of fused-ring (bicyclic) bond motifs is 1. The highest BCUT2D eigenvalue weighted by Gasteiger charge is 2.15. The lowest BCUT2D eigenvalue weighted by molar-refractivity contribution is 0.276. The maximum Gasteiger partial charge on any atom is 0.143 e. The monoisotopic (exact) mass is 448 g/mol. The fourth-order valence-corrected chi connectivity index (χ4v) is 3.68. The SMILES string of the molecule is CN(C)CCNCc1ccc(-c2cc3c(N[C@H](CO)c4ccccc4)ncnc3[nH]2)cc1F. The summed E-state index contributed by atoms with van der Waals surface area (Å²) in [7, 11) is 4.02. The fraction of sp³-hybridized carbons (Fsp3) is 0.280. The molecule has 0 saturated heterocycles. The third-order valence-electron chi connectivity index (χ3n) is 5.54. The molecule has 4 N–H and O–H groups in total. The number of aliphatic hydroxyl groups is 1. The molecule has 0 aliphatic carbocycles. The number of aliphatic hydroxyl groups excluding tert-OH is 1. The summed E-state index contributed by atoms with van der Waals surface area (Å²) < 4.78 is 14.7. The first-order chi connectivity index (χ1) is 16.0. The van der Waals surface area contributed by atoms with Crippen LogP contribution >= 0.6 is 0 Å². The van der Waals surface area contributed by atoms with Crippen LogP contribution in [0.3, 0.4) is 0 Å². The number of H-pyrrole nitrogens is 1. The second-order valence-electron chi connectivity index (χ2n) is 8.24. The number of anilines is 1. The van der Waals surface area contributed by atoms with Gasteiger partial charge >= 0.3 is 0 Å². The Morgan fingerprint density at radius 1 is 1.09 bits per heavy atom. The summed E-state index contributed by atoms with van der Waals surface area (Å²) in [5.41, 5.74) is 3.71. The summed E-state index contributed by atoms with van der Waals surface area (Å²) >= 11 is 0. The van der Waals surface area contributed by atoms with E-state index < -0.39 is 0 Å². The van der Waals surface area contributed by atoms with Crippen molar-refractivity contribution in [2.24, 2.45) is 0 Å². The Hall–Kier alpha value is -3.33. The van der Waals surface area contributed by atoms with Gasteiger partial charge in [-0.05, 0) is 31.8 Å². The first kappa shape index (κ1) is 22.8. The molecule has 0 aliphatic heterocycles. The van der Waals surface area contributed by atoms with Gasteiger partial charge in [0.05, 0.1) is 18.0 Å². The number of halogens is 1. The van der Waals surface area contributed by atoms with Crippen LogP contribution in [0.2, 0.25) is 0 Å². The van der Waals surface area contributed by atoms with E-state index in [4.69, 9.17) is 0 Å². The molecule has 0 fully saturated rings. The standard InChI is InChI=1S/C25H29FN6O/c1-32(2)11-10-27-14-19-9-8-18(12-21(19)26)22-13-20-24(30-22)28-16-29-25(20)31-23(15-33)17-6-4-3-5-7-17/h3-9,12-13,16,23,27,33H,10-11,14-15H2,1-2H3,(H2,28,29,30,31)/t23-/m1/s1. The first-order valence-electron chi connectivity index (χ1n) is 11.0. The Bertz CT molecular complexity index is 1190. The summed E-state index contributed by atoms with van der Waals surface area (Å²) in [4.78, 5) is 14.0. The van der Waals surface area contributed by atoms with Gasteiger partial charge in [0, 0.05) is 36.5 Å². The topological polar surface area (TPSA) is 89.1 Å². The summed E-state index contributed by atoms with van der Waals surface area (Å²) in [6.45, 7) is 2.09. The van der Waals surface area contributed by atoms with E-state index >= 15 is 0 Å². The van der Waals surface area contributed by atoms with Crippen LogP contribution in [-0.4, -0.2) is 58.8 Å². The average Bonchev–Trinajstić information content (AvgIpc) is 3.27. The van der Waals surface area contributed by atoms with Crippen molar-refractivity contribution in [3.63, 3.8) is 0 Å². The van der Waals surface area contributed by atoms with Crippen LogP contribution in [-0.2, 0) is 6.54 Å². The van der Waals surface area contributed by atoms with Crippen LogP contribution in [0.25, 0.3) is 22.3 Å². The highest BCUT2D eigenvalue weighted by Crippen LogP contribution is 2.29. The average molecular weight is 449 g/mol. The highest BCUT2D eigenvalue weighted by atomic mass is 19.1. The van der Waals surface area contributed by atoms with Crippen molar-refractivity contribution in [2.45, 2.75) is 12.6 Å². The molecule has 2 heterocycles. The van der Waals surface area contributed by atoms with Crippen LogP contribution in [0.4, 0.5) is 10.2 Å². The van der Waals surface area contributed by atoms with Gasteiger partial charge < -0.3 is 25.6 Å². The van der Waals surface area contributed by atoms with E-state index in [1.54, 1.807) is 6.07 Å². The zero-order valence-corrected chi connectivity index (χ0v) is 18.8. The van der Waals surface area contributed by atoms with Crippen molar-refractivity contribution in [3.8, 4) is 11.3 Å². The van der Waals surface area contributed by atoms with E-state index in [2.05, 4.69) is 30.5 Å². The Kier molecular flexibility index (Phi) is 7.29. The molecule has 0 unspecified atom stereocenters. The Morgan fingerprint density at radius 2 is 1.91 bits per heavy atom. The van der Waals surface area contributed by atoms with Crippen LogP contribution < -0.4 is 10.6 Å². The molecule has 7 nitrogen and oxygen atoms in total. The molecule has 0 saturated carbocycles. The van der Waals surface area contributed by atoms with E-state index in [-0.39, 0.29) is 18.5 Å². The molecule has 2 aromatic carbocycles. The van der Waals surface area contributed by atoms with E-state index in [9.17, 15) is 9.50 Å².